The monoisotopic (exact) mass is 379 g/mol. The van der Waals surface area contributed by atoms with E-state index in [9.17, 15) is 4.79 Å². The van der Waals surface area contributed by atoms with Gasteiger partial charge in [0.15, 0.2) is 0 Å². The highest BCUT2D eigenvalue weighted by Gasteiger charge is 2.38. The topological polar surface area (TPSA) is 80.9 Å². The van der Waals surface area contributed by atoms with Gasteiger partial charge in [-0.2, -0.15) is 5.10 Å². The Kier molecular flexibility index (Phi) is 5.21. The first-order chi connectivity index (χ1) is 13.6. The summed E-state index contributed by atoms with van der Waals surface area (Å²) in [6.07, 6.45) is 6.25. The predicted molar refractivity (Wildman–Crippen MR) is 104 cm³/mol. The Morgan fingerprint density at radius 3 is 2.75 bits per heavy atom. The molecule has 1 saturated heterocycles. The second-order valence-electron chi connectivity index (χ2n) is 7.35. The van der Waals surface area contributed by atoms with Crippen molar-refractivity contribution >= 4 is 5.91 Å². The number of nitrogens with one attached hydrogen (secondary N) is 1. The summed E-state index contributed by atoms with van der Waals surface area (Å²) in [5.41, 5.74) is 3.30. The van der Waals surface area contributed by atoms with Crippen LogP contribution in [0.15, 0.2) is 48.9 Å². The van der Waals surface area contributed by atoms with Gasteiger partial charge in [0.05, 0.1) is 30.7 Å². The van der Waals surface area contributed by atoms with Gasteiger partial charge < -0.3 is 10.2 Å². The summed E-state index contributed by atoms with van der Waals surface area (Å²) in [5, 5.41) is 15.8. The van der Waals surface area contributed by atoms with E-state index in [2.05, 4.69) is 39.1 Å². The summed E-state index contributed by atoms with van der Waals surface area (Å²) < 4.78 is 3.69. The normalized spacial score (nSPS) is 19.5. The molecule has 28 heavy (non-hydrogen) atoms. The van der Waals surface area contributed by atoms with Crippen LogP contribution in [0.1, 0.15) is 29.3 Å². The Morgan fingerprint density at radius 2 is 2.00 bits per heavy atom. The molecule has 3 heterocycles. The lowest BCUT2D eigenvalue weighted by Gasteiger charge is -2.24. The van der Waals surface area contributed by atoms with Crippen molar-refractivity contribution in [3.05, 3.63) is 65.7 Å². The van der Waals surface area contributed by atoms with Crippen LogP contribution in [-0.2, 0) is 24.9 Å². The fourth-order valence-electron chi connectivity index (χ4n) is 3.88. The lowest BCUT2D eigenvalue weighted by Crippen LogP contribution is -2.29. The molecule has 1 aromatic carbocycles. The first-order valence-electron chi connectivity index (χ1n) is 9.48. The Labute approximate surface area is 164 Å². The molecule has 1 N–H and O–H groups in total. The molecule has 8 heteroatoms. The fraction of sp³-hybridized carbons (Fsp3) is 0.400. The zero-order valence-corrected chi connectivity index (χ0v) is 16.2. The van der Waals surface area contributed by atoms with Crippen LogP contribution in [-0.4, -0.2) is 49.2 Å². The van der Waals surface area contributed by atoms with E-state index in [0.717, 1.165) is 24.3 Å². The van der Waals surface area contributed by atoms with Crippen LogP contribution in [0.5, 0.6) is 0 Å². The van der Waals surface area contributed by atoms with Gasteiger partial charge in [-0.05, 0) is 5.56 Å². The van der Waals surface area contributed by atoms with Crippen molar-refractivity contribution in [1.82, 2.24) is 35.0 Å². The number of aromatic nitrogens is 5. The number of hydrogen-bond acceptors (Lipinski definition) is 5. The third-order valence-corrected chi connectivity index (χ3v) is 5.40. The number of likely N-dealkylation sites (tertiary alicyclic amines) is 1. The maximum atomic E-state index is 12.4. The molecular formula is C20H25N7O. The van der Waals surface area contributed by atoms with E-state index in [1.165, 1.54) is 5.56 Å². The van der Waals surface area contributed by atoms with Gasteiger partial charge in [-0.15, -0.1) is 5.10 Å². The minimum Gasteiger partial charge on any atom is -0.338 e. The minimum atomic E-state index is 0.0363. The highest BCUT2D eigenvalue weighted by molar-refractivity contribution is 5.79. The second-order valence-corrected chi connectivity index (χ2v) is 7.35. The van der Waals surface area contributed by atoms with Gasteiger partial charge in [0.1, 0.15) is 0 Å². The van der Waals surface area contributed by atoms with E-state index in [1.54, 1.807) is 10.9 Å². The molecule has 3 aromatic rings. The highest BCUT2D eigenvalue weighted by atomic mass is 16.2. The number of nitrogens with zero attached hydrogens (tertiary/aromatic N) is 6. The minimum absolute atomic E-state index is 0.0363. The molecule has 0 spiro atoms. The van der Waals surface area contributed by atoms with Gasteiger partial charge in [0.2, 0.25) is 5.91 Å². The van der Waals surface area contributed by atoms with Crippen molar-refractivity contribution in [2.75, 3.05) is 13.6 Å². The number of amides is 1. The summed E-state index contributed by atoms with van der Waals surface area (Å²) in [6.45, 7) is 2.15. The van der Waals surface area contributed by atoms with E-state index < -0.39 is 0 Å². The van der Waals surface area contributed by atoms with Crippen LogP contribution in [0.3, 0.4) is 0 Å². The van der Waals surface area contributed by atoms with Crippen molar-refractivity contribution in [2.24, 2.45) is 13.0 Å². The average molecular weight is 379 g/mol. The maximum Gasteiger partial charge on any atom is 0.223 e. The molecule has 0 aliphatic carbocycles. The predicted octanol–water partition coefficient (Wildman–Crippen LogP) is 1.37. The van der Waals surface area contributed by atoms with Crippen LogP contribution in [0.25, 0.3) is 0 Å². The van der Waals surface area contributed by atoms with Gasteiger partial charge in [0, 0.05) is 51.3 Å². The first-order valence-corrected chi connectivity index (χ1v) is 9.48. The summed E-state index contributed by atoms with van der Waals surface area (Å²) in [4.78, 5) is 14.2. The zero-order valence-electron chi connectivity index (χ0n) is 16.2. The number of rotatable bonds is 7. The standard InChI is InChI=1S/C20H25N7O/c1-25-19(28)8-16(9-21-11-18-12-22-24-26(18)2)20(25)17-10-23-27(14-17)13-15-6-4-3-5-7-15/h3-7,10,12,14,16,20-21H,8-9,11,13H2,1-2H3/t16-,20+/m0/s1. The van der Waals surface area contributed by atoms with Gasteiger partial charge in [0.25, 0.3) is 0 Å². The molecule has 4 rings (SSSR count). The lowest BCUT2D eigenvalue weighted by atomic mass is 9.95. The Hall–Kier alpha value is -3.00. The van der Waals surface area contributed by atoms with Crippen LogP contribution in [0, 0.1) is 5.92 Å². The van der Waals surface area contributed by atoms with E-state index in [0.29, 0.717) is 13.0 Å². The molecular weight excluding hydrogens is 354 g/mol. The molecule has 0 saturated carbocycles. The fourth-order valence-corrected chi connectivity index (χ4v) is 3.88. The van der Waals surface area contributed by atoms with Gasteiger partial charge >= 0.3 is 0 Å². The number of aryl methyl sites for hydroxylation is 1. The molecule has 0 bridgehead atoms. The van der Waals surface area contributed by atoms with Crippen molar-refractivity contribution in [3.8, 4) is 0 Å². The van der Waals surface area contributed by atoms with Crippen LogP contribution in [0.4, 0.5) is 0 Å². The second kappa shape index (κ2) is 7.93. The Balaban J connectivity index is 1.43. The van der Waals surface area contributed by atoms with Crippen molar-refractivity contribution in [2.45, 2.75) is 25.6 Å². The van der Waals surface area contributed by atoms with Crippen LogP contribution >= 0.6 is 0 Å². The smallest absolute Gasteiger partial charge is 0.223 e. The summed E-state index contributed by atoms with van der Waals surface area (Å²) >= 11 is 0. The SMILES string of the molecule is CN1C(=O)C[C@@H](CNCc2cnnn2C)[C@@H]1c1cnn(Cc2ccccc2)c1. The molecule has 0 radical (unpaired) electrons. The molecule has 8 nitrogen and oxygen atoms in total. The molecule has 1 aliphatic rings. The van der Waals surface area contributed by atoms with Crippen LogP contribution < -0.4 is 5.32 Å². The highest BCUT2D eigenvalue weighted by Crippen LogP contribution is 2.36. The maximum absolute atomic E-state index is 12.4. The third-order valence-electron chi connectivity index (χ3n) is 5.40. The van der Waals surface area contributed by atoms with Gasteiger partial charge in [-0.1, -0.05) is 35.5 Å². The first kappa shape index (κ1) is 18.4. The van der Waals surface area contributed by atoms with Crippen LogP contribution in [0.2, 0.25) is 0 Å². The van der Waals surface area contributed by atoms with E-state index in [1.807, 2.05) is 48.1 Å². The number of hydrogen-bond donors (Lipinski definition) is 1. The summed E-state index contributed by atoms with van der Waals surface area (Å²) in [5.74, 6) is 0.378. The molecule has 0 unspecified atom stereocenters. The summed E-state index contributed by atoms with van der Waals surface area (Å²) in [6, 6.07) is 10.3. The molecule has 2 aromatic heterocycles. The number of benzene rings is 1. The number of carbonyl (C=O) groups is 1. The molecule has 1 amide bonds. The quantitative estimate of drug-likeness (QED) is 0.671. The zero-order chi connectivity index (χ0) is 19.5. The third kappa shape index (κ3) is 3.82. The van der Waals surface area contributed by atoms with Gasteiger partial charge in [-0.25, -0.2) is 0 Å². The largest absolute Gasteiger partial charge is 0.338 e. The molecule has 1 aliphatic heterocycles. The molecule has 1 fully saturated rings. The van der Waals surface area contributed by atoms with Crippen molar-refractivity contribution in [3.63, 3.8) is 0 Å². The van der Waals surface area contributed by atoms with E-state index in [-0.39, 0.29) is 17.9 Å². The lowest BCUT2D eigenvalue weighted by molar-refractivity contribution is -0.127. The number of carbonyl (C=O) groups excluding carboxylic acids is 1. The van der Waals surface area contributed by atoms with E-state index >= 15 is 0 Å². The summed E-state index contributed by atoms with van der Waals surface area (Å²) in [7, 11) is 3.76. The Morgan fingerprint density at radius 1 is 1.18 bits per heavy atom. The van der Waals surface area contributed by atoms with E-state index in [4.69, 9.17) is 0 Å². The van der Waals surface area contributed by atoms with Crippen molar-refractivity contribution in [1.29, 1.82) is 0 Å². The van der Waals surface area contributed by atoms with Crippen molar-refractivity contribution < 1.29 is 4.79 Å². The molecule has 2 atom stereocenters. The average Bonchev–Trinajstić information content (AvgIpc) is 3.38. The Bertz CT molecular complexity index is 933. The molecule has 146 valence electrons. The van der Waals surface area contributed by atoms with Gasteiger partial charge in [-0.3, -0.25) is 14.2 Å².